The summed E-state index contributed by atoms with van der Waals surface area (Å²) < 4.78 is 33.5. The van der Waals surface area contributed by atoms with Gasteiger partial charge in [-0.15, -0.1) is 0 Å². The zero-order valence-corrected chi connectivity index (χ0v) is 38.1. The number of aliphatic hydroxyl groups excluding tert-OH is 7. The normalized spacial score (nSPS) is 27.1. The fraction of sp³-hybridized carbons (Fsp3) is 0.915. The summed E-state index contributed by atoms with van der Waals surface area (Å²) in [5.41, 5.74) is 0. The molecule has 2 aliphatic rings. The summed E-state index contributed by atoms with van der Waals surface area (Å²) in [6.07, 6.45) is 15.4. The van der Waals surface area contributed by atoms with Gasteiger partial charge in [0, 0.05) is 12.8 Å². The van der Waals surface area contributed by atoms with Gasteiger partial charge in [-0.1, -0.05) is 142 Å². The van der Waals surface area contributed by atoms with Gasteiger partial charge in [0.05, 0.1) is 19.8 Å². The maximum Gasteiger partial charge on any atom is 0.306 e. The molecular weight excluding hydrogens is 805 g/mol. The van der Waals surface area contributed by atoms with E-state index in [0.29, 0.717) is 12.8 Å². The van der Waals surface area contributed by atoms with Gasteiger partial charge in [-0.2, -0.15) is 0 Å². The molecule has 0 aromatic heterocycles. The first-order chi connectivity index (χ1) is 30.0. The highest BCUT2D eigenvalue weighted by atomic mass is 16.7. The first-order valence-electron chi connectivity index (χ1n) is 24.3. The molecule has 2 fully saturated rings. The molecule has 2 aliphatic heterocycles. The lowest BCUT2D eigenvalue weighted by molar-refractivity contribution is -0.332. The monoisotopic (exact) mass is 891 g/mol. The second-order valence-electron chi connectivity index (χ2n) is 17.3. The zero-order valence-electron chi connectivity index (χ0n) is 38.1. The molecule has 0 aromatic carbocycles. The van der Waals surface area contributed by atoms with Crippen molar-refractivity contribution in [1.29, 1.82) is 0 Å². The number of carbonyl (C=O) groups excluding carboxylic acids is 2. The highest BCUT2D eigenvalue weighted by molar-refractivity contribution is 5.70. The predicted octanol–water partition coefficient (Wildman–Crippen LogP) is 5.82. The lowest BCUT2D eigenvalue weighted by Crippen LogP contribution is -2.61. The molecule has 7 N–H and O–H groups in total. The van der Waals surface area contributed by atoms with Crippen LogP contribution >= 0.6 is 0 Å². The number of allylic oxidation sites excluding steroid dienone is 2. The quantitative estimate of drug-likeness (QED) is 0.0221. The van der Waals surface area contributed by atoms with Crippen LogP contribution in [0.15, 0.2) is 12.2 Å². The Kier molecular flexibility index (Phi) is 32.3. The second-order valence-corrected chi connectivity index (χ2v) is 17.3. The molecule has 2 heterocycles. The summed E-state index contributed by atoms with van der Waals surface area (Å²) in [5, 5.41) is 71.9. The van der Waals surface area contributed by atoms with E-state index in [1.807, 2.05) is 0 Å². The Labute approximate surface area is 371 Å². The summed E-state index contributed by atoms with van der Waals surface area (Å²) in [6, 6.07) is 0. The van der Waals surface area contributed by atoms with Crippen molar-refractivity contribution in [2.45, 2.75) is 248 Å². The second kappa shape index (κ2) is 35.5. The molecule has 2 saturated heterocycles. The average molecular weight is 891 g/mol. The SMILES string of the molecule is CCCCCCCC/C=C\CCCCCCCC(=O)OC[C@H](CO[C@@H]1O[C@H](CO[C@H]2O[C@H](CO)[C@H](O)[C@H](O)[C@H]2O)[C@H](O)[C@H](O)[C@H]1O)OC(=O)CCCCCCCCCCCCC. The van der Waals surface area contributed by atoms with Gasteiger partial charge in [-0.3, -0.25) is 9.59 Å². The topological polar surface area (TPSA) is 231 Å². The summed E-state index contributed by atoms with van der Waals surface area (Å²) in [7, 11) is 0. The maximum atomic E-state index is 12.9. The number of aliphatic hydroxyl groups is 7. The molecule has 11 atom stereocenters. The van der Waals surface area contributed by atoms with E-state index in [1.54, 1.807) is 0 Å². The van der Waals surface area contributed by atoms with Gasteiger partial charge in [-0.05, 0) is 38.5 Å². The summed E-state index contributed by atoms with van der Waals surface area (Å²) in [4.78, 5) is 25.6. The van der Waals surface area contributed by atoms with Gasteiger partial charge in [0.25, 0.3) is 0 Å². The van der Waals surface area contributed by atoms with Crippen molar-refractivity contribution in [3.05, 3.63) is 12.2 Å². The van der Waals surface area contributed by atoms with Crippen molar-refractivity contribution >= 4 is 11.9 Å². The lowest BCUT2D eigenvalue weighted by atomic mass is 9.98. The largest absolute Gasteiger partial charge is 0.462 e. The van der Waals surface area contributed by atoms with E-state index in [0.717, 1.165) is 57.8 Å². The highest BCUT2D eigenvalue weighted by Crippen LogP contribution is 2.26. The first-order valence-corrected chi connectivity index (χ1v) is 24.3. The minimum absolute atomic E-state index is 0.168. The third kappa shape index (κ3) is 24.0. The van der Waals surface area contributed by atoms with Crippen LogP contribution in [0.2, 0.25) is 0 Å². The fourth-order valence-electron chi connectivity index (χ4n) is 7.68. The number of ether oxygens (including phenoxy) is 6. The van der Waals surface area contributed by atoms with Crippen LogP contribution in [0.5, 0.6) is 0 Å². The van der Waals surface area contributed by atoms with E-state index in [9.17, 15) is 45.3 Å². The number of esters is 2. The number of hydrogen-bond donors (Lipinski definition) is 7. The summed E-state index contributed by atoms with van der Waals surface area (Å²) in [5.74, 6) is -0.929. The Hall–Kier alpha value is -1.76. The van der Waals surface area contributed by atoms with Gasteiger partial charge in [0.2, 0.25) is 0 Å². The molecule has 0 unspecified atom stereocenters. The smallest absolute Gasteiger partial charge is 0.306 e. The van der Waals surface area contributed by atoms with E-state index < -0.39 is 92.7 Å². The molecular formula is C47H86O15. The predicted molar refractivity (Wildman–Crippen MR) is 234 cm³/mol. The third-order valence-electron chi connectivity index (χ3n) is 11.7. The molecule has 15 nitrogen and oxygen atoms in total. The Morgan fingerprint density at radius 3 is 1.42 bits per heavy atom. The molecule has 0 aliphatic carbocycles. The van der Waals surface area contributed by atoms with Crippen LogP contribution in [0.3, 0.4) is 0 Å². The molecule has 0 saturated carbocycles. The van der Waals surface area contributed by atoms with Crippen molar-refractivity contribution < 1.29 is 73.8 Å². The molecule has 0 aromatic rings. The molecule has 62 heavy (non-hydrogen) atoms. The molecule has 2 rings (SSSR count). The van der Waals surface area contributed by atoms with Gasteiger partial charge in [0.15, 0.2) is 18.7 Å². The standard InChI is InChI=1S/C47H86O15/c1-3-5-7-9-11-13-15-16-17-18-20-21-23-25-27-29-38(49)57-32-35(60-39(50)30-28-26-24-22-19-14-12-10-8-6-4-2)33-58-46-45(56)43(54)41(52)37(62-46)34-59-47-44(55)42(53)40(51)36(31-48)61-47/h16-17,35-37,40-48,51-56H,3-15,18-34H2,1-2H3/b17-16-/t35-,36-,37-,40+,41+,42+,43+,44-,45-,46-,47+/m1/s1. The Balaban J connectivity index is 1.83. The average Bonchev–Trinajstić information content (AvgIpc) is 3.26. The highest BCUT2D eigenvalue weighted by Gasteiger charge is 2.47. The molecule has 0 bridgehead atoms. The minimum atomic E-state index is -1.76. The van der Waals surface area contributed by atoms with Crippen LogP contribution in [0.1, 0.15) is 181 Å². The van der Waals surface area contributed by atoms with Crippen molar-refractivity contribution in [1.82, 2.24) is 0 Å². The Morgan fingerprint density at radius 2 is 0.919 bits per heavy atom. The van der Waals surface area contributed by atoms with Gasteiger partial charge in [-0.25, -0.2) is 0 Å². The number of rotatable bonds is 37. The summed E-state index contributed by atoms with van der Waals surface area (Å²) in [6.45, 7) is 2.56. The van der Waals surface area contributed by atoms with E-state index >= 15 is 0 Å². The zero-order chi connectivity index (χ0) is 45.4. The van der Waals surface area contributed by atoms with E-state index in [2.05, 4.69) is 26.0 Å². The van der Waals surface area contributed by atoms with Gasteiger partial charge >= 0.3 is 11.9 Å². The first kappa shape index (κ1) is 56.4. The van der Waals surface area contributed by atoms with Crippen LogP contribution in [0, 0.1) is 0 Å². The maximum absolute atomic E-state index is 12.9. The van der Waals surface area contributed by atoms with Crippen LogP contribution in [-0.2, 0) is 38.0 Å². The van der Waals surface area contributed by atoms with Crippen molar-refractivity contribution in [2.24, 2.45) is 0 Å². The van der Waals surface area contributed by atoms with Crippen molar-refractivity contribution in [2.75, 3.05) is 26.4 Å². The van der Waals surface area contributed by atoms with Crippen LogP contribution in [-0.4, -0.2) is 142 Å². The van der Waals surface area contributed by atoms with Gasteiger partial charge in [0.1, 0.15) is 55.4 Å². The number of hydrogen-bond acceptors (Lipinski definition) is 15. The van der Waals surface area contributed by atoms with E-state index in [-0.39, 0.29) is 26.1 Å². The van der Waals surface area contributed by atoms with Crippen LogP contribution in [0.4, 0.5) is 0 Å². The van der Waals surface area contributed by atoms with Crippen molar-refractivity contribution in [3.8, 4) is 0 Å². The molecule has 0 spiro atoms. The minimum Gasteiger partial charge on any atom is -0.462 e. The fourth-order valence-corrected chi connectivity index (χ4v) is 7.68. The van der Waals surface area contributed by atoms with Crippen molar-refractivity contribution in [3.63, 3.8) is 0 Å². The Morgan fingerprint density at radius 1 is 0.500 bits per heavy atom. The number of carbonyl (C=O) groups is 2. The molecule has 0 amide bonds. The molecule has 0 radical (unpaired) electrons. The third-order valence-corrected chi connectivity index (χ3v) is 11.7. The lowest BCUT2D eigenvalue weighted by Gasteiger charge is -2.42. The molecule has 15 heteroatoms. The van der Waals surface area contributed by atoms with Gasteiger partial charge < -0.3 is 64.2 Å². The van der Waals surface area contributed by atoms with E-state index in [4.69, 9.17) is 28.4 Å². The van der Waals surface area contributed by atoms with E-state index in [1.165, 1.54) is 83.5 Å². The van der Waals surface area contributed by atoms with Crippen LogP contribution < -0.4 is 0 Å². The van der Waals surface area contributed by atoms with Crippen LogP contribution in [0.25, 0.3) is 0 Å². The summed E-state index contributed by atoms with van der Waals surface area (Å²) >= 11 is 0. The molecule has 364 valence electrons. The number of unbranched alkanes of at least 4 members (excludes halogenated alkanes) is 21. The Bertz CT molecular complexity index is 1140.